The van der Waals surface area contributed by atoms with Gasteiger partial charge in [-0.1, -0.05) is 24.3 Å². The fourth-order valence-electron chi connectivity index (χ4n) is 7.41. The standard InChI is InChI=1S/2C24H24FN3O.3ClH/c2*1-18(29)20-4-8-24(9-5-20)28-12-10-27(11-13-28)17-19-14-22(16-26-15-19)21-2-6-23(25)7-3-21;;;/h2*2-9,14-16H,10-13,17H2,1H3;3*1H. The number of hydrogen-bond donors (Lipinski definition) is 0. The Kier molecular flexibility index (Phi) is 18.4. The fourth-order valence-corrected chi connectivity index (χ4v) is 7.41. The molecule has 61 heavy (non-hydrogen) atoms. The van der Waals surface area contributed by atoms with Crippen LogP contribution < -0.4 is 9.80 Å². The Morgan fingerprint density at radius 1 is 0.459 bits per heavy atom. The molecular weight excluding hydrogens is 837 g/mol. The molecule has 2 aromatic heterocycles. The van der Waals surface area contributed by atoms with Gasteiger partial charge in [-0.15, -0.1) is 37.2 Å². The fraction of sp³-hybridized carbons (Fsp3) is 0.250. The maximum absolute atomic E-state index is 13.2. The summed E-state index contributed by atoms with van der Waals surface area (Å²) in [6.45, 7) is 12.5. The van der Waals surface area contributed by atoms with Crippen LogP contribution in [0.3, 0.4) is 0 Å². The maximum atomic E-state index is 13.2. The number of piperazine rings is 2. The molecule has 320 valence electrons. The number of anilines is 2. The number of aromatic nitrogens is 2. The number of Topliss-reactive ketones (excluding diaryl/α,β-unsaturated/α-hetero) is 2. The quantitative estimate of drug-likeness (QED) is 0.126. The molecule has 0 amide bonds. The van der Waals surface area contributed by atoms with E-state index in [-0.39, 0.29) is 60.4 Å². The highest BCUT2D eigenvalue weighted by molar-refractivity contribution is 5.94. The molecule has 4 heterocycles. The summed E-state index contributed by atoms with van der Waals surface area (Å²) in [5, 5.41) is 0. The van der Waals surface area contributed by atoms with E-state index in [1.54, 1.807) is 38.1 Å². The first-order valence-corrected chi connectivity index (χ1v) is 19.7. The molecular formula is C48H51Cl3F2N6O2. The van der Waals surface area contributed by atoms with Gasteiger partial charge in [-0.05, 0) is 121 Å². The van der Waals surface area contributed by atoms with Crippen molar-refractivity contribution in [2.45, 2.75) is 26.9 Å². The van der Waals surface area contributed by atoms with Gasteiger partial charge in [0, 0.05) is 124 Å². The third kappa shape index (κ3) is 13.4. The molecule has 0 atom stereocenters. The smallest absolute Gasteiger partial charge is 0.159 e. The molecule has 2 saturated heterocycles. The van der Waals surface area contributed by atoms with Crippen LogP contribution in [0.25, 0.3) is 22.3 Å². The van der Waals surface area contributed by atoms with Gasteiger partial charge in [0.2, 0.25) is 0 Å². The highest BCUT2D eigenvalue weighted by Gasteiger charge is 2.19. The van der Waals surface area contributed by atoms with E-state index in [1.165, 1.54) is 24.3 Å². The van der Waals surface area contributed by atoms with Crippen molar-refractivity contribution in [3.63, 3.8) is 0 Å². The normalized spacial score (nSPS) is 14.0. The molecule has 0 spiro atoms. The Morgan fingerprint density at radius 2 is 0.787 bits per heavy atom. The number of pyridine rings is 2. The predicted octanol–water partition coefficient (Wildman–Crippen LogP) is 10.1. The number of hydrogen-bond acceptors (Lipinski definition) is 8. The molecule has 8 rings (SSSR count). The molecule has 0 saturated carbocycles. The average molecular weight is 888 g/mol. The maximum Gasteiger partial charge on any atom is 0.159 e. The van der Waals surface area contributed by atoms with Crippen molar-refractivity contribution in [3.8, 4) is 22.3 Å². The van der Waals surface area contributed by atoms with Crippen molar-refractivity contribution in [1.82, 2.24) is 19.8 Å². The Balaban J connectivity index is 0.000000256. The highest BCUT2D eigenvalue weighted by Crippen LogP contribution is 2.24. The van der Waals surface area contributed by atoms with E-state index in [0.29, 0.717) is 0 Å². The highest BCUT2D eigenvalue weighted by atomic mass is 35.5. The van der Waals surface area contributed by atoms with Crippen LogP contribution in [-0.4, -0.2) is 83.7 Å². The minimum absolute atomic E-state index is 0. The van der Waals surface area contributed by atoms with Crippen molar-refractivity contribution < 1.29 is 18.4 Å². The molecule has 0 bridgehead atoms. The summed E-state index contributed by atoms with van der Waals surface area (Å²) in [6, 6.07) is 33.0. The number of nitrogens with zero attached hydrogens (tertiary/aromatic N) is 6. The summed E-state index contributed by atoms with van der Waals surface area (Å²) in [5.74, 6) is -0.269. The first kappa shape index (κ1) is 48.4. The van der Waals surface area contributed by atoms with E-state index in [0.717, 1.165) is 121 Å². The molecule has 0 N–H and O–H groups in total. The lowest BCUT2D eigenvalue weighted by atomic mass is 10.1. The van der Waals surface area contributed by atoms with E-state index in [4.69, 9.17) is 0 Å². The summed E-state index contributed by atoms with van der Waals surface area (Å²) in [7, 11) is 0. The van der Waals surface area contributed by atoms with Gasteiger partial charge in [-0.3, -0.25) is 29.4 Å². The SMILES string of the molecule is CC(=O)c1ccc(N2CCN(Cc3cncc(-c4ccc(F)cc4)c3)CC2)cc1.CC(=O)c1ccc(N2CCN(Cc3cncc(-c4ccc(F)cc4)c3)CC2)cc1.Cl.Cl.Cl. The van der Waals surface area contributed by atoms with Gasteiger partial charge in [0.25, 0.3) is 0 Å². The zero-order valence-corrected chi connectivity index (χ0v) is 36.7. The lowest BCUT2D eigenvalue weighted by Crippen LogP contribution is -2.46. The van der Waals surface area contributed by atoms with Crippen molar-refractivity contribution in [3.05, 3.63) is 168 Å². The zero-order chi connectivity index (χ0) is 40.4. The molecule has 13 heteroatoms. The minimum Gasteiger partial charge on any atom is -0.369 e. The lowest BCUT2D eigenvalue weighted by Gasteiger charge is -2.36. The summed E-state index contributed by atoms with van der Waals surface area (Å²) in [4.78, 5) is 41.2. The van der Waals surface area contributed by atoms with Gasteiger partial charge in [0.05, 0.1) is 0 Å². The average Bonchev–Trinajstić information content (AvgIpc) is 3.25. The van der Waals surface area contributed by atoms with E-state index in [2.05, 4.69) is 41.7 Å². The molecule has 2 fully saturated rings. The second kappa shape index (κ2) is 23.1. The predicted molar refractivity (Wildman–Crippen MR) is 249 cm³/mol. The van der Waals surface area contributed by atoms with Gasteiger partial charge in [-0.25, -0.2) is 8.78 Å². The van der Waals surface area contributed by atoms with Crippen LogP contribution in [0.1, 0.15) is 45.7 Å². The van der Waals surface area contributed by atoms with Crippen molar-refractivity contribution in [2.75, 3.05) is 62.2 Å². The molecule has 6 aromatic rings. The summed E-state index contributed by atoms with van der Waals surface area (Å²) >= 11 is 0. The second-order valence-corrected chi connectivity index (χ2v) is 14.9. The lowest BCUT2D eigenvalue weighted by molar-refractivity contribution is 0.100. The Bertz CT molecular complexity index is 2140. The van der Waals surface area contributed by atoms with Gasteiger partial charge in [0.1, 0.15) is 11.6 Å². The molecule has 8 nitrogen and oxygen atoms in total. The van der Waals surface area contributed by atoms with Crippen molar-refractivity contribution in [1.29, 1.82) is 0 Å². The van der Waals surface area contributed by atoms with E-state index in [9.17, 15) is 18.4 Å². The summed E-state index contributed by atoms with van der Waals surface area (Å²) in [6.07, 6.45) is 7.44. The van der Waals surface area contributed by atoms with Crippen LogP contribution in [0.5, 0.6) is 0 Å². The third-order valence-corrected chi connectivity index (χ3v) is 10.8. The topological polar surface area (TPSA) is 72.9 Å². The van der Waals surface area contributed by atoms with Gasteiger partial charge >= 0.3 is 0 Å². The first-order valence-electron chi connectivity index (χ1n) is 19.7. The van der Waals surface area contributed by atoms with Gasteiger partial charge < -0.3 is 9.80 Å². The Hall–Kier alpha value is -5.23. The van der Waals surface area contributed by atoms with Crippen LogP contribution >= 0.6 is 37.2 Å². The van der Waals surface area contributed by atoms with Crippen LogP contribution in [0.4, 0.5) is 20.2 Å². The Labute approximate surface area is 375 Å². The third-order valence-electron chi connectivity index (χ3n) is 10.8. The molecule has 4 aromatic carbocycles. The monoisotopic (exact) mass is 886 g/mol. The summed E-state index contributed by atoms with van der Waals surface area (Å²) < 4.78 is 26.3. The van der Waals surface area contributed by atoms with E-state index < -0.39 is 0 Å². The van der Waals surface area contributed by atoms with Crippen molar-refractivity contribution in [2.24, 2.45) is 0 Å². The Morgan fingerprint density at radius 3 is 1.10 bits per heavy atom. The van der Waals surface area contributed by atoms with Gasteiger partial charge in [-0.2, -0.15) is 0 Å². The van der Waals surface area contributed by atoms with E-state index in [1.807, 2.05) is 73.3 Å². The number of ketones is 2. The zero-order valence-electron chi connectivity index (χ0n) is 34.3. The number of halogens is 5. The number of rotatable bonds is 10. The minimum atomic E-state index is -0.230. The van der Waals surface area contributed by atoms with Crippen LogP contribution in [0, 0.1) is 11.6 Å². The second-order valence-electron chi connectivity index (χ2n) is 14.9. The van der Waals surface area contributed by atoms with E-state index >= 15 is 0 Å². The summed E-state index contributed by atoms with van der Waals surface area (Å²) in [5.41, 5.74) is 10.1. The largest absolute Gasteiger partial charge is 0.369 e. The molecule has 0 unspecified atom stereocenters. The number of benzene rings is 4. The number of carbonyl (C=O) groups is 2. The molecule has 0 aliphatic carbocycles. The van der Waals surface area contributed by atoms with Crippen LogP contribution in [-0.2, 0) is 13.1 Å². The molecule has 2 aliphatic rings. The molecule has 2 aliphatic heterocycles. The first-order chi connectivity index (χ1) is 28.2. The van der Waals surface area contributed by atoms with Crippen LogP contribution in [0.15, 0.2) is 134 Å². The van der Waals surface area contributed by atoms with Crippen LogP contribution in [0.2, 0.25) is 0 Å². The molecule has 0 radical (unpaired) electrons. The van der Waals surface area contributed by atoms with Crippen molar-refractivity contribution >= 4 is 60.2 Å². The van der Waals surface area contributed by atoms with Gasteiger partial charge in [0.15, 0.2) is 11.6 Å². The number of carbonyl (C=O) groups excluding carboxylic acids is 2.